The highest BCUT2D eigenvalue weighted by Crippen LogP contribution is 2.18. The molecular formula is C15H21ClN2O2. The molecule has 1 aliphatic rings. The lowest BCUT2D eigenvalue weighted by Gasteiger charge is -2.20. The first-order valence-corrected chi connectivity index (χ1v) is 7.46. The summed E-state index contributed by atoms with van der Waals surface area (Å²) in [6, 6.07) is 7.33. The van der Waals surface area contributed by atoms with Gasteiger partial charge in [-0.2, -0.15) is 0 Å². The van der Waals surface area contributed by atoms with Crippen molar-refractivity contribution in [1.82, 2.24) is 10.6 Å². The summed E-state index contributed by atoms with van der Waals surface area (Å²) in [6.07, 6.45) is 2.55. The van der Waals surface area contributed by atoms with Gasteiger partial charge in [-0.25, -0.2) is 0 Å². The van der Waals surface area contributed by atoms with Crippen LogP contribution >= 0.6 is 11.6 Å². The molecule has 4 nitrogen and oxygen atoms in total. The highest BCUT2D eigenvalue weighted by molar-refractivity contribution is 6.30. The molecule has 1 saturated heterocycles. The molecule has 1 fully saturated rings. The van der Waals surface area contributed by atoms with Crippen molar-refractivity contribution in [1.29, 1.82) is 0 Å². The predicted molar refractivity (Wildman–Crippen MR) is 80.2 cm³/mol. The summed E-state index contributed by atoms with van der Waals surface area (Å²) in [5.74, 6) is 0.541. The molecule has 2 unspecified atom stereocenters. The Bertz CT molecular complexity index is 445. The molecule has 0 spiro atoms. The number of ether oxygens (including phenoxy) is 1. The number of hydrogen-bond acceptors (Lipinski definition) is 3. The Morgan fingerprint density at radius 2 is 2.30 bits per heavy atom. The fraction of sp³-hybridized carbons (Fsp3) is 0.533. The summed E-state index contributed by atoms with van der Waals surface area (Å²) in [5.41, 5.74) is 0. The molecule has 1 aliphatic heterocycles. The van der Waals surface area contributed by atoms with E-state index in [9.17, 15) is 4.79 Å². The van der Waals surface area contributed by atoms with Gasteiger partial charge in [0.1, 0.15) is 5.75 Å². The van der Waals surface area contributed by atoms with Crippen LogP contribution in [0.4, 0.5) is 0 Å². The maximum Gasteiger partial charge on any atom is 0.260 e. The van der Waals surface area contributed by atoms with Gasteiger partial charge in [0.05, 0.1) is 0 Å². The van der Waals surface area contributed by atoms with Crippen LogP contribution in [0.5, 0.6) is 5.75 Å². The van der Waals surface area contributed by atoms with E-state index in [1.165, 1.54) is 0 Å². The largest absolute Gasteiger partial charge is 0.481 e. The van der Waals surface area contributed by atoms with E-state index in [4.69, 9.17) is 16.3 Å². The van der Waals surface area contributed by atoms with Gasteiger partial charge >= 0.3 is 0 Å². The maximum absolute atomic E-state index is 12.1. The van der Waals surface area contributed by atoms with E-state index in [-0.39, 0.29) is 11.9 Å². The van der Waals surface area contributed by atoms with Gasteiger partial charge in [-0.15, -0.1) is 0 Å². The number of rotatable bonds is 4. The van der Waals surface area contributed by atoms with Crippen LogP contribution in [0.3, 0.4) is 0 Å². The Balaban J connectivity index is 1.85. The number of nitrogens with one attached hydrogen (secondary N) is 2. The average molecular weight is 297 g/mol. The van der Waals surface area contributed by atoms with Crippen LogP contribution in [-0.4, -0.2) is 31.1 Å². The van der Waals surface area contributed by atoms with Gasteiger partial charge in [-0.1, -0.05) is 17.7 Å². The molecule has 2 atom stereocenters. The number of carbonyl (C=O) groups is 1. The van der Waals surface area contributed by atoms with Crippen molar-refractivity contribution in [2.75, 3.05) is 13.1 Å². The number of halogens is 1. The fourth-order valence-electron chi connectivity index (χ4n) is 2.28. The second-order valence-corrected chi connectivity index (χ2v) is 5.54. The minimum absolute atomic E-state index is 0.0723. The summed E-state index contributed by atoms with van der Waals surface area (Å²) in [4.78, 5) is 12.1. The van der Waals surface area contributed by atoms with E-state index in [2.05, 4.69) is 10.6 Å². The average Bonchev–Trinajstić information content (AvgIpc) is 2.67. The summed E-state index contributed by atoms with van der Waals surface area (Å²) >= 11 is 5.89. The van der Waals surface area contributed by atoms with Crippen LogP contribution in [0.2, 0.25) is 5.02 Å². The third-order valence-corrected chi connectivity index (χ3v) is 3.64. The van der Waals surface area contributed by atoms with Gasteiger partial charge in [0.25, 0.3) is 5.91 Å². The minimum atomic E-state index is -0.523. The van der Waals surface area contributed by atoms with Gasteiger partial charge in [-0.3, -0.25) is 4.79 Å². The molecule has 1 heterocycles. The maximum atomic E-state index is 12.1. The van der Waals surface area contributed by atoms with Crippen molar-refractivity contribution in [3.8, 4) is 5.75 Å². The van der Waals surface area contributed by atoms with E-state index >= 15 is 0 Å². The van der Waals surface area contributed by atoms with Crippen molar-refractivity contribution in [2.24, 2.45) is 0 Å². The van der Waals surface area contributed by atoms with Crippen molar-refractivity contribution in [3.05, 3.63) is 29.3 Å². The third kappa shape index (κ3) is 4.69. The van der Waals surface area contributed by atoms with Crippen molar-refractivity contribution < 1.29 is 9.53 Å². The quantitative estimate of drug-likeness (QED) is 0.897. The molecule has 0 saturated carbocycles. The van der Waals surface area contributed by atoms with E-state index in [0.717, 1.165) is 32.4 Å². The summed E-state index contributed by atoms with van der Waals surface area (Å²) in [6.45, 7) is 3.74. The molecule has 1 amide bonds. The minimum Gasteiger partial charge on any atom is -0.481 e. The summed E-state index contributed by atoms with van der Waals surface area (Å²) in [7, 11) is 0. The van der Waals surface area contributed by atoms with Gasteiger partial charge < -0.3 is 15.4 Å². The molecule has 5 heteroatoms. The number of benzene rings is 1. The van der Waals surface area contributed by atoms with Crippen molar-refractivity contribution in [2.45, 2.75) is 38.3 Å². The first-order valence-electron chi connectivity index (χ1n) is 7.08. The zero-order valence-corrected chi connectivity index (χ0v) is 12.5. The Morgan fingerprint density at radius 1 is 1.45 bits per heavy atom. The molecule has 0 radical (unpaired) electrons. The molecule has 0 bridgehead atoms. The normalized spacial score (nSPS) is 20.8. The number of carbonyl (C=O) groups excluding carboxylic acids is 1. The second-order valence-electron chi connectivity index (χ2n) is 5.10. The fourth-order valence-corrected chi connectivity index (χ4v) is 2.46. The van der Waals surface area contributed by atoms with E-state index < -0.39 is 6.10 Å². The van der Waals surface area contributed by atoms with E-state index in [1.54, 1.807) is 31.2 Å². The van der Waals surface area contributed by atoms with Crippen LogP contribution in [0, 0.1) is 0 Å². The molecule has 110 valence electrons. The highest BCUT2D eigenvalue weighted by atomic mass is 35.5. The Hall–Kier alpha value is -1.26. The van der Waals surface area contributed by atoms with Crippen molar-refractivity contribution >= 4 is 17.5 Å². The standard InChI is InChI=1S/C15H21ClN2O2/c1-11(20-14-6-2-4-12(16)10-14)15(19)18-13-5-3-8-17-9-7-13/h2,4,6,10-11,13,17H,3,5,7-9H2,1H3,(H,18,19). The van der Waals surface area contributed by atoms with Crippen LogP contribution < -0.4 is 15.4 Å². The first-order chi connectivity index (χ1) is 9.65. The zero-order valence-electron chi connectivity index (χ0n) is 11.7. The molecule has 1 aromatic rings. The molecule has 1 aromatic carbocycles. The second kappa shape index (κ2) is 7.50. The lowest BCUT2D eigenvalue weighted by molar-refractivity contribution is -0.128. The molecule has 0 aliphatic carbocycles. The Labute approximate surface area is 124 Å². The highest BCUT2D eigenvalue weighted by Gasteiger charge is 2.19. The van der Waals surface area contributed by atoms with Gasteiger partial charge in [0, 0.05) is 11.1 Å². The van der Waals surface area contributed by atoms with Gasteiger partial charge in [0.15, 0.2) is 6.10 Å². The van der Waals surface area contributed by atoms with Gasteiger partial charge in [0.2, 0.25) is 0 Å². The topological polar surface area (TPSA) is 50.4 Å². The Morgan fingerprint density at radius 3 is 3.10 bits per heavy atom. The van der Waals surface area contributed by atoms with Crippen molar-refractivity contribution in [3.63, 3.8) is 0 Å². The first kappa shape index (κ1) is 15.1. The number of amides is 1. The van der Waals surface area contributed by atoms with Crippen LogP contribution in [0.25, 0.3) is 0 Å². The van der Waals surface area contributed by atoms with E-state index in [0.29, 0.717) is 10.8 Å². The predicted octanol–water partition coefficient (Wildman–Crippen LogP) is 2.37. The SMILES string of the molecule is CC(Oc1cccc(Cl)c1)C(=O)NC1CCCNCC1. The van der Waals surface area contributed by atoms with Crippen LogP contribution in [0.15, 0.2) is 24.3 Å². The molecule has 2 rings (SSSR count). The summed E-state index contributed by atoms with van der Waals surface area (Å²) < 4.78 is 5.62. The van der Waals surface area contributed by atoms with Gasteiger partial charge in [-0.05, 0) is 57.5 Å². The van der Waals surface area contributed by atoms with Crippen LogP contribution in [-0.2, 0) is 4.79 Å². The Kier molecular flexibility index (Phi) is 5.68. The summed E-state index contributed by atoms with van der Waals surface area (Å²) in [5, 5.41) is 6.99. The smallest absolute Gasteiger partial charge is 0.260 e. The molecular weight excluding hydrogens is 276 g/mol. The molecule has 0 aromatic heterocycles. The molecule has 20 heavy (non-hydrogen) atoms. The lowest BCUT2D eigenvalue weighted by atomic mass is 10.1. The zero-order chi connectivity index (χ0) is 14.4. The van der Waals surface area contributed by atoms with Crippen LogP contribution in [0.1, 0.15) is 26.2 Å². The van der Waals surface area contributed by atoms with E-state index in [1.807, 2.05) is 0 Å². The monoisotopic (exact) mass is 296 g/mol. The number of hydrogen-bond donors (Lipinski definition) is 2. The molecule has 2 N–H and O–H groups in total. The third-order valence-electron chi connectivity index (χ3n) is 3.40. The lowest BCUT2D eigenvalue weighted by Crippen LogP contribution is -2.42.